The molecule has 0 aliphatic heterocycles. The largest absolute Gasteiger partial charge is 0.481 e. The van der Waals surface area contributed by atoms with E-state index in [2.05, 4.69) is 4.98 Å². The van der Waals surface area contributed by atoms with Gasteiger partial charge >= 0.3 is 0 Å². The first-order chi connectivity index (χ1) is 8.59. The Labute approximate surface area is 106 Å². The number of nitriles is 1. The number of pyridine rings is 1. The molecule has 1 heterocycles. The third kappa shape index (κ3) is 2.18. The van der Waals surface area contributed by atoms with Gasteiger partial charge in [-0.3, -0.25) is 0 Å². The van der Waals surface area contributed by atoms with E-state index in [9.17, 15) is 8.42 Å². The quantitative estimate of drug-likeness (QED) is 0.831. The molecule has 0 saturated heterocycles. The van der Waals surface area contributed by atoms with Gasteiger partial charge in [0.1, 0.15) is 11.0 Å². The second-order valence-electron chi connectivity index (χ2n) is 4.26. The minimum atomic E-state index is -3.45. The van der Waals surface area contributed by atoms with E-state index in [0.29, 0.717) is 12.8 Å². The number of rotatable bonds is 3. The molecule has 96 valence electrons. The minimum Gasteiger partial charge on any atom is -0.481 e. The number of hydrogen-bond acceptors (Lipinski definition) is 5. The normalized spacial score (nSPS) is 16.4. The van der Waals surface area contributed by atoms with Gasteiger partial charge in [-0.25, -0.2) is 13.4 Å². The van der Waals surface area contributed by atoms with Crippen molar-refractivity contribution in [3.05, 3.63) is 17.8 Å². The summed E-state index contributed by atoms with van der Waals surface area (Å²) >= 11 is 0. The topological polar surface area (TPSA) is 80.0 Å². The van der Waals surface area contributed by atoms with Crippen LogP contribution >= 0.6 is 0 Å². The summed E-state index contributed by atoms with van der Waals surface area (Å²) in [4.78, 5) is 3.91. The molecule has 6 heteroatoms. The SMILES string of the molecule is COc1ccc(S(=O)(=O)C2CCCC2)c(C#N)n1. The van der Waals surface area contributed by atoms with Crippen LogP contribution in [0.4, 0.5) is 0 Å². The molecule has 0 unspecified atom stereocenters. The Kier molecular flexibility index (Phi) is 3.53. The van der Waals surface area contributed by atoms with Crippen LogP contribution in [0.25, 0.3) is 0 Å². The molecule has 0 spiro atoms. The summed E-state index contributed by atoms with van der Waals surface area (Å²) in [6, 6.07) is 4.72. The van der Waals surface area contributed by atoms with Gasteiger partial charge < -0.3 is 4.74 Å². The molecule has 1 aliphatic carbocycles. The number of methoxy groups -OCH3 is 1. The number of nitrogens with zero attached hydrogens (tertiary/aromatic N) is 2. The minimum absolute atomic E-state index is 0.0256. The second kappa shape index (κ2) is 4.94. The first-order valence-electron chi connectivity index (χ1n) is 5.78. The molecular formula is C12H14N2O3S. The van der Waals surface area contributed by atoms with E-state index in [1.54, 1.807) is 0 Å². The van der Waals surface area contributed by atoms with Crippen LogP contribution in [0.2, 0.25) is 0 Å². The van der Waals surface area contributed by atoms with Gasteiger partial charge in [0.2, 0.25) is 5.88 Å². The molecule has 2 rings (SSSR count). The van der Waals surface area contributed by atoms with Crippen molar-refractivity contribution in [3.8, 4) is 11.9 Å². The summed E-state index contributed by atoms with van der Waals surface area (Å²) in [5.74, 6) is 0.247. The van der Waals surface area contributed by atoms with Gasteiger partial charge in [0, 0.05) is 6.07 Å². The van der Waals surface area contributed by atoms with Crippen LogP contribution in [-0.4, -0.2) is 25.8 Å². The Morgan fingerprint density at radius 1 is 1.39 bits per heavy atom. The zero-order valence-electron chi connectivity index (χ0n) is 10.1. The summed E-state index contributed by atoms with van der Waals surface area (Å²) in [6.45, 7) is 0. The maximum Gasteiger partial charge on any atom is 0.214 e. The molecule has 1 saturated carbocycles. The van der Waals surface area contributed by atoms with Crippen LogP contribution in [0.1, 0.15) is 31.4 Å². The number of ether oxygens (including phenoxy) is 1. The van der Waals surface area contributed by atoms with Gasteiger partial charge in [0.25, 0.3) is 0 Å². The molecule has 0 N–H and O–H groups in total. The van der Waals surface area contributed by atoms with E-state index >= 15 is 0 Å². The molecule has 1 aliphatic rings. The van der Waals surface area contributed by atoms with Crippen LogP contribution in [0.5, 0.6) is 5.88 Å². The second-order valence-corrected chi connectivity index (χ2v) is 6.46. The van der Waals surface area contributed by atoms with Crippen LogP contribution in [0.3, 0.4) is 0 Å². The Morgan fingerprint density at radius 2 is 2.06 bits per heavy atom. The van der Waals surface area contributed by atoms with Gasteiger partial charge in [0.15, 0.2) is 15.5 Å². The summed E-state index contributed by atoms with van der Waals surface area (Å²) < 4.78 is 29.7. The van der Waals surface area contributed by atoms with Crippen LogP contribution < -0.4 is 4.74 Å². The molecule has 1 aromatic rings. The maximum atomic E-state index is 12.4. The first kappa shape index (κ1) is 12.8. The molecule has 1 fully saturated rings. The van der Waals surface area contributed by atoms with Crippen LogP contribution in [0, 0.1) is 11.3 Å². The highest BCUT2D eigenvalue weighted by molar-refractivity contribution is 7.92. The fourth-order valence-corrected chi connectivity index (χ4v) is 4.16. The van der Waals surface area contributed by atoms with Gasteiger partial charge in [0.05, 0.1) is 12.4 Å². The number of sulfone groups is 1. The Hall–Kier alpha value is -1.61. The molecule has 0 atom stereocenters. The third-order valence-electron chi connectivity index (χ3n) is 3.20. The van der Waals surface area contributed by atoms with Crippen molar-refractivity contribution < 1.29 is 13.2 Å². The Bertz CT molecular complexity index is 584. The molecule has 18 heavy (non-hydrogen) atoms. The fraction of sp³-hybridized carbons (Fsp3) is 0.500. The lowest BCUT2D eigenvalue weighted by molar-refractivity contribution is 0.396. The zero-order valence-corrected chi connectivity index (χ0v) is 10.9. The number of hydrogen-bond donors (Lipinski definition) is 0. The highest BCUT2D eigenvalue weighted by atomic mass is 32.2. The summed E-state index contributed by atoms with van der Waals surface area (Å²) in [6.07, 6.45) is 3.18. The molecule has 5 nitrogen and oxygen atoms in total. The van der Waals surface area contributed by atoms with Gasteiger partial charge in [-0.1, -0.05) is 12.8 Å². The van der Waals surface area contributed by atoms with Crippen molar-refractivity contribution in [2.75, 3.05) is 7.11 Å². The van der Waals surface area contributed by atoms with Crippen molar-refractivity contribution in [1.29, 1.82) is 5.26 Å². The summed E-state index contributed by atoms with van der Waals surface area (Å²) in [5.41, 5.74) is -0.0822. The van der Waals surface area contributed by atoms with Gasteiger partial charge in [-0.2, -0.15) is 5.26 Å². The molecule has 0 radical (unpaired) electrons. The average molecular weight is 266 g/mol. The maximum absolute atomic E-state index is 12.4. The van der Waals surface area contributed by atoms with E-state index in [0.717, 1.165) is 12.8 Å². The van der Waals surface area contributed by atoms with E-state index in [1.807, 2.05) is 6.07 Å². The Balaban J connectivity index is 2.47. The predicted molar refractivity (Wildman–Crippen MR) is 64.9 cm³/mol. The van der Waals surface area contributed by atoms with Crippen molar-refractivity contribution in [2.24, 2.45) is 0 Å². The highest BCUT2D eigenvalue weighted by Gasteiger charge is 2.32. The molecular weight excluding hydrogens is 252 g/mol. The number of aromatic nitrogens is 1. The molecule has 1 aromatic heterocycles. The summed E-state index contributed by atoms with van der Waals surface area (Å²) in [5, 5.41) is 8.64. The average Bonchev–Trinajstić information content (AvgIpc) is 2.92. The lowest BCUT2D eigenvalue weighted by Crippen LogP contribution is -2.19. The van der Waals surface area contributed by atoms with Crippen LogP contribution in [0.15, 0.2) is 17.0 Å². The van der Waals surface area contributed by atoms with E-state index in [1.165, 1.54) is 19.2 Å². The third-order valence-corrected chi connectivity index (χ3v) is 5.49. The van der Waals surface area contributed by atoms with Crippen LogP contribution in [-0.2, 0) is 9.84 Å². The van der Waals surface area contributed by atoms with Crippen molar-refractivity contribution >= 4 is 9.84 Å². The predicted octanol–water partition coefficient (Wildman–Crippen LogP) is 1.68. The van der Waals surface area contributed by atoms with Crippen molar-refractivity contribution in [3.63, 3.8) is 0 Å². The van der Waals surface area contributed by atoms with E-state index < -0.39 is 9.84 Å². The fourth-order valence-electron chi connectivity index (χ4n) is 2.23. The van der Waals surface area contributed by atoms with E-state index in [-0.39, 0.29) is 21.7 Å². The smallest absolute Gasteiger partial charge is 0.214 e. The monoisotopic (exact) mass is 266 g/mol. The summed E-state index contributed by atoms with van der Waals surface area (Å²) in [7, 11) is -2.02. The van der Waals surface area contributed by atoms with Gasteiger partial charge in [-0.15, -0.1) is 0 Å². The highest BCUT2D eigenvalue weighted by Crippen LogP contribution is 2.31. The molecule has 0 bridgehead atoms. The van der Waals surface area contributed by atoms with Crippen molar-refractivity contribution in [1.82, 2.24) is 4.98 Å². The lowest BCUT2D eigenvalue weighted by atomic mass is 10.3. The van der Waals surface area contributed by atoms with Gasteiger partial charge in [-0.05, 0) is 18.9 Å². The lowest BCUT2D eigenvalue weighted by Gasteiger charge is -2.12. The Morgan fingerprint density at radius 3 is 2.61 bits per heavy atom. The first-order valence-corrected chi connectivity index (χ1v) is 7.33. The van der Waals surface area contributed by atoms with Crippen molar-refractivity contribution in [2.45, 2.75) is 35.8 Å². The standard InChI is InChI=1S/C12H14N2O3S/c1-17-12-7-6-11(10(8-13)14-12)18(15,16)9-4-2-3-5-9/h6-7,9H,2-5H2,1H3. The molecule has 0 amide bonds. The molecule has 0 aromatic carbocycles. The zero-order chi connectivity index (χ0) is 13.2. The van der Waals surface area contributed by atoms with E-state index in [4.69, 9.17) is 10.00 Å².